The molecule has 8 heteroatoms. The minimum atomic E-state index is -0.517. The van der Waals surface area contributed by atoms with Gasteiger partial charge in [-0.25, -0.2) is 9.78 Å². The van der Waals surface area contributed by atoms with Crippen molar-refractivity contribution >= 4 is 6.03 Å². The van der Waals surface area contributed by atoms with Crippen LogP contribution in [0.3, 0.4) is 0 Å². The van der Waals surface area contributed by atoms with Crippen LogP contribution in [-0.4, -0.2) is 31.8 Å². The van der Waals surface area contributed by atoms with Crippen molar-refractivity contribution < 1.29 is 9.32 Å². The fourth-order valence-electron chi connectivity index (χ4n) is 3.11. The van der Waals surface area contributed by atoms with Crippen molar-refractivity contribution in [2.45, 2.75) is 57.7 Å². The highest BCUT2D eigenvalue weighted by molar-refractivity contribution is 5.75. The summed E-state index contributed by atoms with van der Waals surface area (Å²) in [4.78, 5) is 20.7. The quantitative estimate of drug-likeness (QED) is 0.875. The molecule has 0 aromatic carbocycles. The summed E-state index contributed by atoms with van der Waals surface area (Å²) in [6.45, 7) is 4.38. The highest BCUT2D eigenvalue weighted by atomic mass is 16.5. The van der Waals surface area contributed by atoms with Gasteiger partial charge in [-0.05, 0) is 19.8 Å². The van der Waals surface area contributed by atoms with Crippen molar-refractivity contribution in [3.8, 4) is 0 Å². The lowest BCUT2D eigenvalue weighted by molar-refractivity contribution is 0.216. The molecule has 1 saturated carbocycles. The van der Waals surface area contributed by atoms with Crippen molar-refractivity contribution in [1.29, 1.82) is 0 Å². The van der Waals surface area contributed by atoms with Gasteiger partial charge in [0.25, 0.3) is 0 Å². The van der Waals surface area contributed by atoms with Gasteiger partial charge in [0.1, 0.15) is 5.54 Å². The number of carbonyl (C=O) groups excluding carboxylic acids is 1. The van der Waals surface area contributed by atoms with Gasteiger partial charge in [-0.15, -0.1) is 0 Å². The van der Waals surface area contributed by atoms with Crippen LogP contribution in [0.5, 0.6) is 0 Å². The summed E-state index contributed by atoms with van der Waals surface area (Å²) >= 11 is 0. The molecular formula is C15H22N6O2. The minimum Gasteiger partial charge on any atom is -0.340 e. The first-order valence-corrected chi connectivity index (χ1v) is 7.93. The van der Waals surface area contributed by atoms with Crippen molar-refractivity contribution in [3.63, 3.8) is 0 Å². The number of hydrogen-bond donors (Lipinski definition) is 2. The van der Waals surface area contributed by atoms with Crippen LogP contribution in [0.15, 0.2) is 23.2 Å². The van der Waals surface area contributed by atoms with E-state index >= 15 is 0 Å². The first-order chi connectivity index (χ1) is 11.1. The van der Waals surface area contributed by atoms with Gasteiger partial charge < -0.3 is 19.7 Å². The summed E-state index contributed by atoms with van der Waals surface area (Å²) < 4.78 is 7.02. The number of nitrogens with one attached hydrogen (secondary N) is 2. The molecule has 3 rings (SSSR count). The van der Waals surface area contributed by atoms with E-state index in [1.54, 1.807) is 19.4 Å². The average molecular weight is 318 g/mol. The second-order valence-electron chi connectivity index (χ2n) is 6.19. The van der Waals surface area contributed by atoms with Crippen LogP contribution in [0.4, 0.5) is 4.79 Å². The average Bonchev–Trinajstić information content (AvgIpc) is 3.20. The predicted molar refractivity (Wildman–Crippen MR) is 82.5 cm³/mol. The van der Waals surface area contributed by atoms with E-state index in [2.05, 4.69) is 25.8 Å². The van der Waals surface area contributed by atoms with Crippen LogP contribution in [0.1, 0.15) is 44.3 Å². The lowest BCUT2D eigenvalue weighted by Crippen LogP contribution is -2.51. The maximum absolute atomic E-state index is 12.4. The third-order valence-electron chi connectivity index (χ3n) is 4.19. The lowest BCUT2D eigenvalue weighted by atomic mass is 9.97. The van der Waals surface area contributed by atoms with Gasteiger partial charge in [0, 0.05) is 31.9 Å². The molecule has 0 bridgehead atoms. The first kappa shape index (κ1) is 15.5. The lowest BCUT2D eigenvalue weighted by Gasteiger charge is -2.27. The number of imidazole rings is 1. The summed E-state index contributed by atoms with van der Waals surface area (Å²) in [6, 6.07) is -0.225. The van der Waals surface area contributed by atoms with Crippen LogP contribution >= 0.6 is 0 Å². The molecule has 1 fully saturated rings. The van der Waals surface area contributed by atoms with Crippen LogP contribution in [0.25, 0.3) is 0 Å². The Morgan fingerprint density at radius 3 is 2.87 bits per heavy atom. The van der Waals surface area contributed by atoms with E-state index in [9.17, 15) is 4.79 Å². The van der Waals surface area contributed by atoms with E-state index in [4.69, 9.17) is 4.52 Å². The molecule has 0 spiro atoms. The minimum absolute atomic E-state index is 0.0188. The largest absolute Gasteiger partial charge is 0.340 e. The zero-order chi connectivity index (χ0) is 16.3. The Bertz CT molecular complexity index is 645. The number of urea groups is 1. The molecule has 1 aliphatic rings. The maximum Gasteiger partial charge on any atom is 0.315 e. The number of aryl methyl sites for hydroxylation is 1. The topological polar surface area (TPSA) is 97.9 Å². The molecule has 2 amide bonds. The standard InChI is InChI=1S/C15H22N6O2/c1-11(9-21-8-7-16-10-21)17-14(22)19-15(5-3-4-6-15)13-18-12(2)23-20-13/h7-8,10-11H,3-6,9H2,1-2H3,(H2,17,19,22). The zero-order valence-corrected chi connectivity index (χ0v) is 13.5. The molecule has 2 N–H and O–H groups in total. The Hall–Kier alpha value is -2.38. The van der Waals surface area contributed by atoms with Gasteiger partial charge in [0.05, 0.1) is 6.33 Å². The summed E-state index contributed by atoms with van der Waals surface area (Å²) in [6.07, 6.45) is 9.06. The van der Waals surface area contributed by atoms with Crippen LogP contribution in [0, 0.1) is 6.92 Å². The molecule has 124 valence electrons. The van der Waals surface area contributed by atoms with E-state index in [1.807, 2.05) is 17.7 Å². The molecule has 1 unspecified atom stereocenters. The molecule has 2 aromatic heterocycles. The Balaban J connectivity index is 1.62. The summed E-state index contributed by atoms with van der Waals surface area (Å²) in [5, 5.41) is 10.1. The third-order valence-corrected chi connectivity index (χ3v) is 4.19. The third kappa shape index (κ3) is 3.52. The fourth-order valence-corrected chi connectivity index (χ4v) is 3.11. The van der Waals surface area contributed by atoms with Gasteiger partial charge in [0.15, 0.2) is 5.82 Å². The Morgan fingerprint density at radius 2 is 2.26 bits per heavy atom. The fraction of sp³-hybridized carbons (Fsp3) is 0.600. The second kappa shape index (κ2) is 6.39. The molecular weight excluding hydrogens is 296 g/mol. The first-order valence-electron chi connectivity index (χ1n) is 7.93. The smallest absolute Gasteiger partial charge is 0.315 e. The van der Waals surface area contributed by atoms with Gasteiger partial charge in [-0.1, -0.05) is 18.0 Å². The molecule has 2 aromatic rings. The van der Waals surface area contributed by atoms with Gasteiger partial charge in [-0.2, -0.15) is 4.98 Å². The van der Waals surface area contributed by atoms with E-state index < -0.39 is 5.54 Å². The van der Waals surface area contributed by atoms with Crippen molar-refractivity contribution in [1.82, 2.24) is 30.3 Å². The summed E-state index contributed by atoms with van der Waals surface area (Å²) in [5.74, 6) is 1.09. The highest BCUT2D eigenvalue weighted by Gasteiger charge is 2.41. The summed E-state index contributed by atoms with van der Waals surface area (Å²) in [7, 11) is 0. The van der Waals surface area contributed by atoms with Crippen molar-refractivity contribution in [3.05, 3.63) is 30.4 Å². The van der Waals surface area contributed by atoms with Crippen LogP contribution in [0.2, 0.25) is 0 Å². The van der Waals surface area contributed by atoms with Gasteiger partial charge in [0.2, 0.25) is 5.89 Å². The Kier molecular flexibility index (Phi) is 4.31. The summed E-state index contributed by atoms with van der Waals surface area (Å²) in [5.41, 5.74) is -0.517. The van der Waals surface area contributed by atoms with E-state index in [0.29, 0.717) is 18.3 Å². The molecule has 0 radical (unpaired) electrons. The monoisotopic (exact) mass is 318 g/mol. The molecule has 23 heavy (non-hydrogen) atoms. The Labute approximate surface area is 134 Å². The SMILES string of the molecule is Cc1nc(C2(NC(=O)NC(C)Cn3ccnc3)CCCC2)no1. The Morgan fingerprint density at radius 1 is 1.48 bits per heavy atom. The second-order valence-corrected chi connectivity index (χ2v) is 6.19. The molecule has 8 nitrogen and oxygen atoms in total. The molecule has 2 heterocycles. The number of nitrogens with zero attached hydrogens (tertiary/aromatic N) is 4. The zero-order valence-electron chi connectivity index (χ0n) is 13.5. The number of carbonyl (C=O) groups is 1. The van der Waals surface area contributed by atoms with Crippen molar-refractivity contribution in [2.24, 2.45) is 0 Å². The number of amides is 2. The van der Waals surface area contributed by atoms with E-state index in [0.717, 1.165) is 25.7 Å². The van der Waals surface area contributed by atoms with Crippen LogP contribution in [-0.2, 0) is 12.1 Å². The molecule has 1 aliphatic carbocycles. The number of hydrogen-bond acceptors (Lipinski definition) is 5. The van der Waals surface area contributed by atoms with E-state index in [-0.39, 0.29) is 12.1 Å². The van der Waals surface area contributed by atoms with Crippen molar-refractivity contribution in [2.75, 3.05) is 0 Å². The number of aromatic nitrogens is 4. The van der Waals surface area contributed by atoms with Gasteiger partial charge in [-0.3, -0.25) is 0 Å². The normalized spacial score (nSPS) is 17.8. The van der Waals surface area contributed by atoms with Gasteiger partial charge >= 0.3 is 6.03 Å². The predicted octanol–water partition coefficient (Wildman–Crippen LogP) is 1.73. The number of rotatable bonds is 5. The van der Waals surface area contributed by atoms with E-state index in [1.165, 1.54) is 0 Å². The molecule has 0 aliphatic heterocycles. The highest BCUT2D eigenvalue weighted by Crippen LogP contribution is 2.37. The molecule has 0 saturated heterocycles. The van der Waals surface area contributed by atoms with Crippen LogP contribution < -0.4 is 10.6 Å². The molecule has 1 atom stereocenters. The maximum atomic E-state index is 12.4.